The highest BCUT2D eigenvalue weighted by molar-refractivity contribution is 5.95. The van der Waals surface area contributed by atoms with Gasteiger partial charge in [0.2, 0.25) is 0 Å². The van der Waals surface area contributed by atoms with E-state index in [1.54, 1.807) is 0 Å². The number of allylic oxidation sites excluding steroid dienone is 1. The molecule has 1 aliphatic heterocycles. The molecule has 3 aliphatic rings. The van der Waals surface area contributed by atoms with Crippen LogP contribution in [-0.4, -0.2) is 6.54 Å². The van der Waals surface area contributed by atoms with E-state index in [1.165, 1.54) is 50.1 Å². The topological polar surface area (TPSA) is 21.7 Å². The fourth-order valence-electron chi connectivity index (χ4n) is 7.57. The Hall–Kier alpha value is -5.54. The molecule has 216 valence electrons. The highest BCUT2D eigenvalue weighted by Gasteiger charge is 2.52. The average Bonchev–Trinajstić information content (AvgIpc) is 3.54. The van der Waals surface area contributed by atoms with E-state index in [0.29, 0.717) is 0 Å². The van der Waals surface area contributed by atoms with Gasteiger partial charge in [0.25, 0.3) is 0 Å². The molecule has 0 amide bonds. The number of fused-ring (bicyclic) bond motifs is 12. The van der Waals surface area contributed by atoms with Gasteiger partial charge in [0, 0.05) is 24.0 Å². The van der Waals surface area contributed by atoms with Gasteiger partial charge in [-0.05, 0) is 94.8 Å². The average molecular weight is 582 g/mol. The van der Waals surface area contributed by atoms with Crippen molar-refractivity contribution in [3.63, 3.8) is 0 Å². The molecule has 45 heavy (non-hydrogen) atoms. The van der Waals surface area contributed by atoms with E-state index in [4.69, 9.17) is 9.47 Å². The Labute approximate surface area is 263 Å². The van der Waals surface area contributed by atoms with E-state index in [1.807, 2.05) is 12.1 Å². The maximum atomic E-state index is 6.77. The standard InChI is InChI=1S/C42H31NO2/c1-27(2)22-23-43(28-12-4-3-5-13-28)29-20-21-38-39(24-29)45-41-26-37-33(25-40(41)44-38)32-16-8-11-19-36(32)42(37)34-17-9-6-14-30(34)31-15-7-10-18-35(31)42/h3-22,24-26H,23H2,1-2H3. The summed E-state index contributed by atoms with van der Waals surface area (Å²) in [5, 5.41) is 0. The molecule has 0 bridgehead atoms. The maximum absolute atomic E-state index is 6.77. The van der Waals surface area contributed by atoms with E-state index in [9.17, 15) is 0 Å². The van der Waals surface area contributed by atoms with Gasteiger partial charge in [-0.15, -0.1) is 0 Å². The molecule has 0 unspecified atom stereocenters. The zero-order valence-corrected chi connectivity index (χ0v) is 25.2. The number of benzene rings is 6. The van der Waals surface area contributed by atoms with Crippen LogP contribution in [0.5, 0.6) is 23.0 Å². The van der Waals surface area contributed by atoms with Crippen molar-refractivity contribution in [3.8, 4) is 45.3 Å². The van der Waals surface area contributed by atoms with Crippen molar-refractivity contribution in [1.29, 1.82) is 0 Å². The highest BCUT2D eigenvalue weighted by Crippen LogP contribution is 2.64. The molecule has 1 heterocycles. The minimum Gasteiger partial charge on any atom is -0.449 e. The minimum absolute atomic E-state index is 0.423. The molecule has 0 N–H and O–H groups in total. The number of para-hydroxylation sites is 1. The lowest BCUT2D eigenvalue weighted by Crippen LogP contribution is -2.25. The van der Waals surface area contributed by atoms with E-state index < -0.39 is 5.41 Å². The van der Waals surface area contributed by atoms with Crippen LogP contribution in [0.1, 0.15) is 36.1 Å². The Morgan fingerprint density at radius 1 is 0.511 bits per heavy atom. The van der Waals surface area contributed by atoms with Crippen molar-refractivity contribution in [3.05, 3.63) is 167 Å². The molecule has 6 aromatic rings. The normalized spacial score (nSPS) is 13.7. The zero-order valence-electron chi connectivity index (χ0n) is 25.2. The molecule has 2 aliphatic carbocycles. The van der Waals surface area contributed by atoms with Gasteiger partial charge in [0.1, 0.15) is 0 Å². The van der Waals surface area contributed by atoms with Crippen LogP contribution in [0, 0.1) is 0 Å². The molecule has 3 nitrogen and oxygen atoms in total. The largest absolute Gasteiger partial charge is 0.449 e. The van der Waals surface area contributed by atoms with Crippen molar-refractivity contribution in [2.75, 3.05) is 11.4 Å². The quantitative estimate of drug-likeness (QED) is 0.193. The molecule has 0 atom stereocenters. The lowest BCUT2D eigenvalue weighted by atomic mass is 9.70. The van der Waals surface area contributed by atoms with Crippen molar-refractivity contribution in [2.45, 2.75) is 19.3 Å². The summed E-state index contributed by atoms with van der Waals surface area (Å²) in [7, 11) is 0. The Morgan fingerprint density at radius 3 is 1.69 bits per heavy atom. The Kier molecular flexibility index (Phi) is 5.61. The highest BCUT2D eigenvalue weighted by atomic mass is 16.6. The summed E-state index contributed by atoms with van der Waals surface area (Å²) >= 11 is 0. The molecule has 0 fully saturated rings. The van der Waals surface area contributed by atoms with Crippen LogP contribution in [0.4, 0.5) is 11.4 Å². The zero-order chi connectivity index (χ0) is 30.1. The predicted octanol–water partition coefficient (Wildman–Crippen LogP) is 11.0. The predicted molar refractivity (Wildman–Crippen MR) is 182 cm³/mol. The summed E-state index contributed by atoms with van der Waals surface area (Å²) in [6, 6.07) is 47.7. The van der Waals surface area contributed by atoms with Crippen LogP contribution < -0.4 is 14.4 Å². The molecule has 0 saturated carbocycles. The van der Waals surface area contributed by atoms with Gasteiger partial charge in [-0.1, -0.05) is 103 Å². The van der Waals surface area contributed by atoms with E-state index in [-0.39, 0.29) is 0 Å². The SMILES string of the molecule is CC(C)=CCN(c1ccccc1)c1ccc2c(c1)Oc1cc3c(cc1O2)-c1ccccc1C31c2ccccc2-c2ccccc21. The third kappa shape index (κ3) is 3.71. The summed E-state index contributed by atoms with van der Waals surface area (Å²) in [6.45, 7) is 5.03. The van der Waals surface area contributed by atoms with Gasteiger partial charge in [-0.3, -0.25) is 0 Å². The van der Waals surface area contributed by atoms with Crippen LogP contribution in [-0.2, 0) is 5.41 Å². The van der Waals surface area contributed by atoms with Gasteiger partial charge < -0.3 is 14.4 Å². The van der Waals surface area contributed by atoms with Crippen LogP contribution >= 0.6 is 0 Å². The molecule has 0 saturated heterocycles. The number of nitrogens with zero attached hydrogens (tertiary/aromatic N) is 1. The van der Waals surface area contributed by atoms with Crippen LogP contribution in [0.2, 0.25) is 0 Å². The van der Waals surface area contributed by atoms with E-state index in [2.05, 4.69) is 146 Å². The second kappa shape index (κ2) is 9.73. The monoisotopic (exact) mass is 581 g/mol. The fourth-order valence-corrected chi connectivity index (χ4v) is 7.57. The first-order chi connectivity index (χ1) is 22.1. The Morgan fingerprint density at radius 2 is 1.04 bits per heavy atom. The Bertz CT molecular complexity index is 2130. The number of hydrogen-bond donors (Lipinski definition) is 0. The van der Waals surface area contributed by atoms with Crippen molar-refractivity contribution in [2.24, 2.45) is 0 Å². The smallest absolute Gasteiger partial charge is 0.172 e. The molecule has 0 aromatic heterocycles. The second-order valence-corrected chi connectivity index (χ2v) is 12.3. The second-order valence-electron chi connectivity index (χ2n) is 12.3. The van der Waals surface area contributed by atoms with Gasteiger partial charge >= 0.3 is 0 Å². The minimum atomic E-state index is -0.423. The van der Waals surface area contributed by atoms with E-state index >= 15 is 0 Å². The van der Waals surface area contributed by atoms with Crippen molar-refractivity contribution in [1.82, 2.24) is 0 Å². The fraction of sp³-hybridized carbons (Fsp3) is 0.0952. The third-order valence-corrected chi connectivity index (χ3v) is 9.49. The van der Waals surface area contributed by atoms with Crippen molar-refractivity contribution >= 4 is 11.4 Å². The number of ether oxygens (including phenoxy) is 2. The first-order valence-corrected chi connectivity index (χ1v) is 15.6. The summed E-state index contributed by atoms with van der Waals surface area (Å²) in [5.74, 6) is 2.92. The number of hydrogen-bond acceptors (Lipinski definition) is 3. The van der Waals surface area contributed by atoms with Gasteiger partial charge in [-0.2, -0.15) is 0 Å². The molecule has 1 spiro atoms. The lowest BCUT2D eigenvalue weighted by molar-refractivity contribution is 0.359. The molecule has 3 heteroatoms. The van der Waals surface area contributed by atoms with Gasteiger partial charge in [0.15, 0.2) is 23.0 Å². The van der Waals surface area contributed by atoms with Gasteiger partial charge in [-0.25, -0.2) is 0 Å². The lowest BCUT2D eigenvalue weighted by Gasteiger charge is -2.31. The third-order valence-electron chi connectivity index (χ3n) is 9.49. The number of anilines is 2. The molecule has 9 rings (SSSR count). The first-order valence-electron chi connectivity index (χ1n) is 15.6. The van der Waals surface area contributed by atoms with Crippen LogP contribution in [0.3, 0.4) is 0 Å². The molecule has 6 aromatic carbocycles. The van der Waals surface area contributed by atoms with Crippen LogP contribution in [0.25, 0.3) is 22.3 Å². The maximum Gasteiger partial charge on any atom is 0.172 e. The van der Waals surface area contributed by atoms with Crippen molar-refractivity contribution < 1.29 is 9.47 Å². The molecule has 0 radical (unpaired) electrons. The molecular formula is C42H31NO2. The van der Waals surface area contributed by atoms with Gasteiger partial charge in [0.05, 0.1) is 5.41 Å². The summed E-state index contributed by atoms with van der Waals surface area (Å²) in [4.78, 5) is 2.30. The first kappa shape index (κ1) is 25.9. The number of rotatable bonds is 4. The Balaban J connectivity index is 1.20. The van der Waals surface area contributed by atoms with Crippen LogP contribution in [0.15, 0.2) is 145 Å². The van der Waals surface area contributed by atoms with E-state index in [0.717, 1.165) is 40.9 Å². The molecular weight excluding hydrogens is 550 g/mol. The summed E-state index contributed by atoms with van der Waals surface area (Å²) in [5.41, 5.74) is 13.2. The summed E-state index contributed by atoms with van der Waals surface area (Å²) < 4.78 is 13.4. The summed E-state index contributed by atoms with van der Waals surface area (Å²) in [6.07, 6.45) is 2.25.